The molecule has 2 heterocycles. The van der Waals surface area contributed by atoms with Crippen LogP contribution in [0.2, 0.25) is 0 Å². The molecule has 0 radical (unpaired) electrons. The van der Waals surface area contributed by atoms with Gasteiger partial charge in [-0.1, -0.05) is 0 Å². The predicted octanol–water partition coefficient (Wildman–Crippen LogP) is 1.43. The Morgan fingerprint density at radius 1 is 1.21 bits per heavy atom. The number of aromatic nitrogens is 2. The van der Waals surface area contributed by atoms with Gasteiger partial charge in [-0.2, -0.15) is 0 Å². The molecule has 0 aliphatic carbocycles. The molecule has 1 amide bonds. The van der Waals surface area contributed by atoms with Crippen molar-refractivity contribution in [1.29, 1.82) is 0 Å². The summed E-state index contributed by atoms with van der Waals surface area (Å²) < 4.78 is 15.9. The third kappa shape index (κ3) is 3.60. The summed E-state index contributed by atoms with van der Waals surface area (Å²) in [5, 5.41) is 2.66. The number of hydrogen-bond acceptors (Lipinski definition) is 7. The SMILES string of the molecule is CC(OC(=O)c1cnccn1)C(=O)Nc1ccc2c(c1)OCCO2. The van der Waals surface area contributed by atoms with Gasteiger partial charge in [-0.3, -0.25) is 9.78 Å². The number of carbonyl (C=O) groups is 2. The summed E-state index contributed by atoms with van der Waals surface area (Å²) in [5.74, 6) is 0.00137. The average molecular weight is 329 g/mol. The quantitative estimate of drug-likeness (QED) is 0.847. The van der Waals surface area contributed by atoms with Crippen LogP contribution in [0.4, 0.5) is 5.69 Å². The molecule has 3 rings (SSSR count). The molecule has 1 N–H and O–H groups in total. The molecular formula is C16H15N3O5. The van der Waals surface area contributed by atoms with Crippen LogP contribution in [0.15, 0.2) is 36.8 Å². The fraction of sp³-hybridized carbons (Fsp3) is 0.250. The molecule has 0 bridgehead atoms. The van der Waals surface area contributed by atoms with Gasteiger partial charge in [0.05, 0.1) is 6.20 Å². The van der Waals surface area contributed by atoms with E-state index in [9.17, 15) is 9.59 Å². The molecule has 8 nitrogen and oxygen atoms in total. The molecule has 0 saturated heterocycles. The van der Waals surface area contributed by atoms with E-state index in [0.29, 0.717) is 30.4 Å². The maximum absolute atomic E-state index is 12.2. The van der Waals surface area contributed by atoms with Gasteiger partial charge in [0.15, 0.2) is 23.3 Å². The highest BCUT2D eigenvalue weighted by Gasteiger charge is 2.21. The second kappa shape index (κ2) is 6.95. The number of amides is 1. The molecule has 2 aromatic rings. The number of rotatable bonds is 4. The summed E-state index contributed by atoms with van der Waals surface area (Å²) in [4.78, 5) is 31.6. The number of esters is 1. The van der Waals surface area contributed by atoms with E-state index in [1.165, 1.54) is 25.5 Å². The van der Waals surface area contributed by atoms with Crippen LogP contribution in [0, 0.1) is 0 Å². The average Bonchev–Trinajstić information content (AvgIpc) is 2.62. The van der Waals surface area contributed by atoms with Gasteiger partial charge in [0.25, 0.3) is 5.91 Å². The lowest BCUT2D eigenvalue weighted by Crippen LogP contribution is -2.30. The number of fused-ring (bicyclic) bond motifs is 1. The molecule has 1 aliphatic heterocycles. The van der Waals surface area contributed by atoms with Crippen LogP contribution in [0.5, 0.6) is 11.5 Å². The van der Waals surface area contributed by atoms with E-state index < -0.39 is 18.0 Å². The highest BCUT2D eigenvalue weighted by Crippen LogP contribution is 2.32. The first-order valence-corrected chi connectivity index (χ1v) is 7.31. The van der Waals surface area contributed by atoms with Crippen molar-refractivity contribution in [3.05, 3.63) is 42.5 Å². The zero-order valence-electron chi connectivity index (χ0n) is 12.9. The smallest absolute Gasteiger partial charge is 0.359 e. The van der Waals surface area contributed by atoms with E-state index in [-0.39, 0.29) is 5.69 Å². The first-order valence-electron chi connectivity index (χ1n) is 7.31. The minimum absolute atomic E-state index is 0.0384. The molecule has 0 fully saturated rings. The lowest BCUT2D eigenvalue weighted by Gasteiger charge is -2.19. The van der Waals surface area contributed by atoms with Crippen LogP contribution in [0.25, 0.3) is 0 Å². The second-order valence-corrected chi connectivity index (χ2v) is 4.99. The summed E-state index contributed by atoms with van der Waals surface area (Å²) in [6.07, 6.45) is 3.09. The van der Waals surface area contributed by atoms with Gasteiger partial charge in [0.1, 0.15) is 13.2 Å². The summed E-state index contributed by atoms with van der Waals surface area (Å²) in [5.41, 5.74) is 0.558. The standard InChI is InChI=1S/C16H15N3O5/c1-10(24-16(21)12-9-17-4-5-18-12)15(20)19-11-2-3-13-14(8-11)23-7-6-22-13/h2-5,8-10H,6-7H2,1H3,(H,19,20). The Morgan fingerprint density at radius 3 is 2.75 bits per heavy atom. The topological polar surface area (TPSA) is 99.6 Å². The van der Waals surface area contributed by atoms with Crippen LogP contribution in [0.1, 0.15) is 17.4 Å². The maximum atomic E-state index is 12.2. The number of nitrogens with one attached hydrogen (secondary N) is 1. The Morgan fingerprint density at radius 2 is 2.00 bits per heavy atom. The summed E-state index contributed by atoms with van der Waals surface area (Å²) in [6.45, 7) is 2.42. The third-order valence-corrected chi connectivity index (χ3v) is 3.24. The molecule has 1 atom stereocenters. The minimum Gasteiger partial charge on any atom is -0.486 e. The summed E-state index contributed by atoms with van der Waals surface area (Å²) in [6, 6.07) is 5.05. The van der Waals surface area contributed by atoms with Gasteiger partial charge in [0.2, 0.25) is 0 Å². The molecule has 1 aromatic carbocycles. The molecule has 0 spiro atoms. The summed E-state index contributed by atoms with van der Waals surface area (Å²) in [7, 11) is 0. The number of ether oxygens (including phenoxy) is 3. The monoisotopic (exact) mass is 329 g/mol. The molecule has 1 aromatic heterocycles. The summed E-state index contributed by atoms with van der Waals surface area (Å²) >= 11 is 0. The van der Waals surface area contributed by atoms with Gasteiger partial charge in [-0.15, -0.1) is 0 Å². The first kappa shape index (κ1) is 15.7. The lowest BCUT2D eigenvalue weighted by molar-refractivity contribution is -0.123. The molecule has 0 saturated carbocycles. The number of carbonyl (C=O) groups excluding carboxylic acids is 2. The van der Waals surface area contributed by atoms with E-state index in [1.807, 2.05) is 0 Å². The number of anilines is 1. The van der Waals surface area contributed by atoms with Crippen molar-refractivity contribution in [1.82, 2.24) is 9.97 Å². The van der Waals surface area contributed by atoms with E-state index >= 15 is 0 Å². The highest BCUT2D eigenvalue weighted by molar-refractivity contribution is 5.96. The number of nitrogens with zero attached hydrogens (tertiary/aromatic N) is 2. The molecular weight excluding hydrogens is 314 g/mol. The van der Waals surface area contributed by atoms with E-state index in [2.05, 4.69) is 15.3 Å². The number of hydrogen-bond donors (Lipinski definition) is 1. The largest absolute Gasteiger partial charge is 0.486 e. The van der Waals surface area contributed by atoms with Crippen molar-refractivity contribution in [3.63, 3.8) is 0 Å². The van der Waals surface area contributed by atoms with Crippen molar-refractivity contribution >= 4 is 17.6 Å². The molecule has 124 valence electrons. The first-order chi connectivity index (χ1) is 11.6. The molecule has 1 aliphatic rings. The Kier molecular flexibility index (Phi) is 4.55. The number of benzene rings is 1. The van der Waals surface area contributed by atoms with Crippen molar-refractivity contribution in [2.24, 2.45) is 0 Å². The van der Waals surface area contributed by atoms with Crippen molar-refractivity contribution in [2.75, 3.05) is 18.5 Å². The lowest BCUT2D eigenvalue weighted by atomic mass is 10.2. The van der Waals surface area contributed by atoms with Crippen molar-refractivity contribution < 1.29 is 23.8 Å². The molecule has 8 heteroatoms. The zero-order valence-corrected chi connectivity index (χ0v) is 12.9. The molecule has 1 unspecified atom stereocenters. The van der Waals surface area contributed by atoms with Gasteiger partial charge >= 0.3 is 5.97 Å². The zero-order chi connectivity index (χ0) is 16.9. The van der Waals surface area contributed by atoms with Crippen LogP contribution < -0.4 is 14.8 Å². The van der Waals surface area contributed by atoms with Crippen LogP contribution in [-0.4, -0.2) is 41.2 Å². The van der Waals surface area contributed by atoms with Crippen molar-refractivity contribution in [2.45, 2.75) is 13.0 Å². The van der Waals surface area contributed by atoms with E-state index in [0.717, 1.165) is 0 Å². The fourth-order valence-electron chi connectivity index (χ4n) is 2.04. The minimum atomic E-state index is -0.993. The highest BCUT2D eigenvalue weighted by atomic mass is 16.6. The van der Waals surface area contributed by atoms with Crippen LogP contribution >= 0.6 is 0 Å². The third-order valence-electron chi connectivity index (χ3n) is 3.24. The van der Waals surface area contributed by atoms with E-state index in [4.69, 9.17) is 14.2 Å². The normalized spacial score (nSPS) is 13.7. The Bertz CT molecular complexity index is 751. The second-order valence-electron chi connectivity index (χ2n) is 4.99. The van der Waals surface area contributed by atoms with Gasteiger partial charge in [-0.25, -0.2) is 9.78 Å². The Labute approximate surface area is 137 Å². The Balaban J connectivity index is 1.61. The molecule has 24 heavy (non-hydrogen) atoms. The van der Waals surface area contributed by atoms with Crippen LogP contribution in [-0.2, 0) is 9.53 Å². The maximum Gasteiger partial charge on any atom is 0.359 e. The Hall–Kier alpha value is -3.16. The fourth-order valence-corrected chi connectivity index (χ4v) is 2.04. The van der Waals surface area contributed by atoms with Crippen LogP contribution in [0.3, 0.4) is 0 Å². The van der Waals surface area contributed by atoms with Gasteiger partial charge < -0.3 is 19.5 Å². The van der Waals surface area contributed by atoms with Gasteiger partial charge in [0, 0.05) is 24.1 Å². The predicted molar refractivity (Wildman–Crippen MR) is 83.0 cm³/mol. The van der Waals surface area contributed by atoms with Gasteiger partial charge in [-0.05, 0) is 19.1 Å². The van der Waals surface area contributed by atoms with E-state index in [1.54, 1.807) is 18.2 Å². The van der Waals surface area contributed by atoms with Crippen molar-refractivity contribution in [3.8, 4) is 11.5 Å².